The molecular formula is C13H16BrNO. The summed E-state index contributed by atoms with van der Waals surface area (Å²) >= 11 is 0. The minimum Gasteiger partial charge on any atom is -0.508 e. The summed E-state index contributed by atoms with van der Waals surface area (Å²) < 4.78 is 0. The number of aromatic hydroxyl groups is 1. The van der Waals surface area contributed by atoms with Crippen LogP contribution in [0, 0.1) is 0 Å². The van der Waals surface area contributed by atoms with Crippen molar-refractivity contribution in [3.63, 3.8) is 0 Å². The van der Waals surface area contributed by atoms with Crippen LogP contribution in [0.25, 0.3) is 10.8 Å². The first kappa shape index (κ1) is 13.0. The summed E-state index contributed by atoms with van der Waals surface area (Å²) in [6.45, 7) is 2.77. The molecule has 0 aliphatic heterocycles. The van der Waals surface area contributed by atoms with Crippen molar-refractivity contribution in [2.24, 2.45) is 5.73 Å². The van der Waals surface area contributed by atoms with Gasteiger partial charge in [-0.2, -0.15) is 0 Å². The monoisotopic (exact) mass is 281 g/mol. The van der Waals surface area contributed by atoms with Crippen molar-refractivity contribution >= 4 is 27.8 Å². The highest BCUT2D eigenvalue weighted by Crippen LogP contribution is 2.24. The lowest BCUT2D eigenvalue weighted by Gasteiger charge is -2.09. The van der Waals surface area contributed by atoms with Crippen LogP contribution in [0.3, 0.4) is 0 Å². The quantitative estimate of drug-likeness (QED) is 0.888. The summed E-state index contributed by atoms with van der Waals surface area (Å²) in [5.74, 6) is 0.685. The number of rotatable bonds is 2. The Bertz CT molecular complexity index is 484. The number of phenols is 1. The molecule has 0 radical (unpaired) electrons. The van der Waals surface area contributed by atoms with E-state index in [9.17, 15) is 5.11 Å². The van der Waals surface area contributed by atoms with Crippen molar-refractivity contribution in [1.29, 1.82) is 0 Å². The summed E-state index contributed by atoms with van der Waals surface area (Å²) in [5.41, 5.74) is 6.88. The molecule has 2 aromatic rings. The third-order valence-electron chi connectivity index (χ3n) is 2.77. The summed E-state index contributed by atoms with van der Waals surface area (Å²) in [6.07, 6.45) is 0. The molecule has 0 amide bonds. The second-order valence-corrected chi connectivity index (χ2v) is 3.93. The largest absolute Gasteiger partial charge is 0.508 e. The first-order valence-electron chi connectivity index (χ1n) is 5.13. The number of nitrogens with two attached hydrogens (primary N) is 1. The van der Waals surface area contributed by atoms with Crippen molar-refractivity contribution in [3.05, 3.63) is 42.0 Å². The fraction of sp³-hybridized carbons (Fsp3) is 0.231. The van der Waals surface area contributed by atoms with Gasteiger partial charge in [0.05, 0.1) is 0 Å². The van der Waals surface area contributed by atoms with E-state index in [0.717, 1.165) is 10.8 Å². The molecule has 86 valence electrons. The van der Waals surface area contributed by atoms with Gasteiger partial charge < -0.3 is 10.8 Å². The summed E-state index contributed by atoms with van der Waals surface area (Å²) in [6, 6.07) is 11.6. The van der Waals surface area contributed by atoms with Gasteiger partial charge in [0.15, 0.2) is 0 Å². The van der Waals surface area contributed by atoms with Crippen molar-refractivity contribution < 1.29 is 5.11 Å². The lowest BCUT2D eigenvalue weighted by Crippen LogP contribution is -2.08. The Morgan fingerprint density at radius 3 is 2.44 bits per heavy atom. The maximum Gasteiger partial charge on any atom is 0.116 e. The number of hydrogen-bond donors (Lipinski definition) is 2. The van der Waals surface area contributed by atoms with Gasteiger partial charge in [-0.05, 0) is 40.9 Å². The fourth-order valence-corrected chi connectivity index (χ4v) is 1.69. The maximum atomic E-state index is 9.33. The Hall–Kier alpha value is -1.06. The first-order valence-corrected chi connectivity index (χ1v) is 5.13. The number of hydrogen-bond acceptors (Lipinski definition) is 2. The molecule has 0 aliphatic carbocycles. The van der Waals surface area contributed by atoms with E-state index in [0.29, 0.717) is 18.2 Å². The lowest BCUT2D eigenvalue weighted by atomic mass is 9.98. The summed E-state index contributed by atoms with van der Waals surface area (Å²) in [5, 5.41) is 11.5. The van der Waals surface area contributed by atoms with Crippen LogP contribution in [0.15, 0.2) is 36.4 Å². The average molecular weight is 282 g/mol. The van der Waals surface area contributed by atoms with Gasteiger partial charge in [-0.1, -0.05) is 31.2 Å². The SMILES string of the molecule is Br.CC(CN)c1ccc2cc(O)ccc2c1. The van der Waals surface area contributed by atoms with Crippen LogP contribution < -0.4 is 5.73 Å². The van der Waals surface area contributed by atoms with Gasteiger partial charge in [-0.25, -0.2) is 0 Å². The molecule has 0 saturated carbocycles. The van der Waals surface area contributed by atoms with Gasteiger partial charge in [0.1, 0.15) is 5.75 Å². The molecule has 16 heavy (non-hydrogen) atoms. The Morgan fingerprint density at radius 1 is 1.12 bits per heavy atom. The molecule has 3 heteroatoms. The van der Waals surface area contributed by atoms with E-state index in [1.54, 1.807) is 12.1 Å². The second-order valence-electron chi connectivity index (χ2n) is 3.93. The predicted molar refractivity (Wildman–Crippen MR) is 73.4 cm³/mol. The molecule has 0 aliphatic rings. The molecular weight excluding hydrogens is 266 g/mol. The third kappa shape index (κ3) is 2.54. The van der Waals surface area contributed by atoms with Gasteiger partial charge in [-0.3, -0.25) is 0 Å². The van der Waals surface area contributed by atoms with Crippen LogP contribution in [0.5, 0.6) is 5.75 Å². The van der Waals surface area contributed by atoms with Crippen molar-refractivity contribution in [1.82, 2.24) is 0 Å². The van der Waals surface area contributed by atoms with Crippen molar-refractivity contribution in [3.8, 4) is 5.75 Å². The molecule has 2 nitrogen and oxygen atoms in total. The first-order chi connectivity index (χ1) is 7.20. The zero-order valence-corrected chi connectivity index (χ0v) is 10.9. The maximum absolute atomic E-state index is 9.33. The van der Waals surface area contributed by atoms with Crippen LogP contribution >= 0.6 is 17.0 Å². The van der Waals surface area contributed by atoms with Crippen LogP contribution in [0.4, 0.5) is 0 Å². The predicted octanol–water partition coefficient (Wildman–Crippen LogP) is 3.19. The minimum absolute atomic E-state index is 0. The van der Waals surface area contributed by atoms with Gasteiger partial charge in [-0.15, -0.1) is 17.0 Å². The molecule has 0 bridgehead atoms. The molecule has 3 N–H and O–H groups in total. The molecule has 0 fully saturated rings. The number of halogens is 1. The van der Waals surface area contributed by atoms with E-state index in [1.165, 1.54) is 5.56 Å². The minimum atomic E-state index is 0. The topological polar surface area (TPSA) is 46.2 Å². The summed E-state index contributed by atoms with van der Waals surface area (Å²) in [7, 11) is 0. The van der Waals surface area contributed by atoms with E-state index in [4.69, 9.17) is 5.73 Å². The smallest absolute Gasteiger partial charge is 0.116 e. The molecule has 0 heterocycles. The van der Waals surface area contributed by atoms with Gasteiger partial charge in [0.2, 0.25) is 0 Å². The van der Waals surface area contributed by atoms with E-state index < -0.39 is 0 Å². The normalized spacial score (nSPS) is 12.1. The number of benzene rings is 2. The lowest BCUT2D eigenvalue weighted by molar-refractivity contribution is 0.476. The van der Waals surface area contributed by atoms with Crippen LogP contribution in [-0.4, -0.2) is 11.7 Å². The molecule has 0 aromatic heterocycles. The van der Waals surface area contributed by atoms with Crippen LogP contribution in [-0.2, 0) is 0 Å². The molecule has 1 atom stereocenters. The van der Waals surface area contributed by atoms with Gasteiger partial charge in [0, 0.05) is 0 Å². The molecule has 2 rings (SSSR count). The Balaban J connectivity index is 0.00000128. The van der Waals surface area contributed by atoms with Crippen molar-refractivity contribution in [2.75, 3.05) is 6.54 Å². The van der Waals surface area contributed by atoms with E-state index in [-0.39, 0.29) is 17.0 Å². The van der Waals surface area contributed by atoms with Gasteiger partial charge in [0.25, 0.3) is 0 Å². The average Bonchev–Trinajstić information content (AvgIpc) is 2.27. The van der Waals surface area contributed by atoms with Crippen LogP contribution in [0.2, 0.25) is 0 Å². The molecule has 0 saturated heterocycles. The number of phenolic OH excluding ortho intramolecular Hbond substituents is 1. The molecule has 2 aromatic carbocycles. The van der Waals surface area contributed by atoms with Crippen LogP contribution in [0.1, 0.15) is 18.4 Å². The zero-order chi connectivity index (χ0) is 10.8. The summed E-state index contributed by atoms with van der Waals surface area (Å²) in [4.78, 5) is 0. The Labute approximate surface area is 106 Å². The van der Waals surface area contributed by atoms with Crippen molar-refractivity contribution in [2.45, 2.75) is 12.8 Å². The highest BCUT2D eigenvalue weighted by atomic mass is 79.9. The Kier molecular flexibility index (Phi) is 4.33. The zero-order valence-electron chi connectivity index (χ0n) is 9.18. The van der Waals surface area contributed by atoms with E-state index in [2.05, 4.69) is 19.1 Å². The highest BCUT2D eigenvalue weighted by molar-refractivity contribution is 8.93. The molecule has 1 unspecified atom stereocenters. The second kappa shape index (κ2) is 5.32. The standard InChI is InChI=1S/C13H15NO.BrH/c1-9(8-14)10-2-3-12-7-13(15)5-4-11(12)6-10;/h2-7,9,15H,8,14H2,1H3;1H. The van der Waals surface area contributed by atoms with E-state index >= 15 is 0 Å². The third-order valence-corrected chi connectivity index (χ3v) is 2.77. The molecule has 0 spiro atoms. The van der Waals surface area contributed by atoms with E-state index in [1.807, 2.05) is 12.1 Å². The van der Waals surface area contributed by atoms with Gasteiger partial charge >= 0.3 is 0 Å². The number of fused-ring (bicyclic) bond motifs is 1. The highest BCUT2D eigenvalue weighted by Gasteiger charge is 2.04. The Morgan fingerprint density at radius 2 is 1.75 bits per heavy atom. The fourth-order valence-electron chi connectivity index (χ4n) is 1.69.